The van der Waals surface area contributed by atoms with Crippen molar-refractivity contribution in [2.45, 2.75) is 38.8 Å². The molecular weight excluding hydrogens is 273 g/mol. The summed E-state index contributed by atoms with van der Waals surface area (Å²) in [6, 6.07) is 13.4. The Morgan fingerprint density at radius 1 is 0.952 bits per heavy atom. The van der Waals surface area contributed by atoms with Crippen molar-refractivity contribution in [2.24, 2.45) is 0 Å². The second-order valence-corrected chi connectivity index (χ2v) is 5.39. The van der Waals surface area contributed by atoms with Gasteiger partial charge in [0.2, 0.25) is 0 Å². The molecule has 0 nitrogen and oxygen atoms in total. The summed E-state index contributed by atoms with van der Waals surface area (Å²) in [4.78, 5) is 0. The number of alkyl halides is 3. The van der Waals surface area contributed by atoms with E-state index >= 15 is 0 Å². The van der Waals surface area contributed by atoms with Gasteiger partial charge in [-0.3, -0.25) is 0 Å². The fraction of sp³-hybridized carbons (Fsp3) is 0.333. The Morgan fingerprint density at radius 3 is 2.19 bits per heavy atom. The van der Waals surface area contributed by atoms with Gasteiger partial charge in [-0.2, -0.15) is 13.2 Å². The summed E-state index contributed by atoms with van der Waals surface area (Å²) >= 11 is 0. The van der Waals surface area contributed by atoms with Gasteiger partial charge >= 0.3 is 6.18 Å². The molecule has 0 amide bonds. The van der Waals surface area contributed by atoms with Crippen molar-refractivity contribution in [3.8, 4) is 11.1 Å². The third-order valence-corrected chi connectivity index (χ3v) is 3.72. The lowest BCUT2D eigenvalue weighted by Gasteiger charge is -2.13. The minimum absolute atomic E-state index is 0.462. The molecule has 0 aliphatic carbocycles. The molecule has 0 spiro atoms. The van der Waals surface area contributed by atoms with Crippen molar-refractivity contribution >= 4 is 0 Å². The van der Waals surface area contributed by atoms with E-state index in [9.17, 15) is 13.2 Å². The molecule has 2 rings (SSSR count). The van der Waals surface area contributed by atoms with Crippen LogP contribution in [0.25, 0.3) is 11.1 Å². The molecule has 0 radical (unpaired) electrons. The zero-order valence-electron chi connectivity index (χ0n) is 12.2. The summed E-state index contributed by atoms with van der Waals surface area (Å²) in [6.45, 7) is 4.32. The Balaban J connectivity index is 2.28. The van der Waals surface area contributed by atoms with Gasteiger partial charge in [0.1, 0.15) is 0 Å². The highest BCUT2D eigenvalue weighted by atomic mass is 19.4. The standard InChI is InChI=1S/C18H19F3/c1-3-5-13(2)15-6-4-7-16(12-15)14-8-10-17(11-9-14)18(19,20)21/h4,6-13H,3,5H2,1-2H3. The van der Waals surface area contributed by atoms with Crippen LogP contribution in [0, 0.1) is 0 Å². The molecule has 1 atom stereocenters. The lowest BCUT2D eigenvalue weighted by atomic mass is 9.93. The summed E-state index contributed by atoms with van der Waals surface area (Å²) < 4.78 is 37.7. The molecule has 1 unspecified atom stereocenters. The molecule has 0 N–H and O–H groups in total. The summed E-state index contributed by atoms with van der Waals surface area (Å²) in [6.07, 6.45) is -2.06. The first kappa shape index (κ1) is 15.6. The number of rotatable bonds is 4. The first-order valence-electron chi connectivity index (χ1n) is 7.19. The highest BCUT2D eigenvalue weighted by molar-refractivity contribution is 5.64. The average molecular weight is 292 g/mol. The third-order valence-electron chi connectivity index (χ3n) is 3.72. The van der Waals surface area contributed by atoms with E-state index in [1.807, 2.05) is 12.1 Å². The fourth-order valence-corrected chi connectivity index (χ4v) is 2.48. The van der Waals surface area contributed by atoms with Crippen LogP contribution in [0.3, 0.4) is 0 Å². The number of halogens is 3. The van der Waals surface area contributed by atoms with Crippen molar-refractivity contribution in [3.05, 3.63) is 59.7 Å². The van der Waals surface area contributed by atoms with Gasteiger partial charge in [0.25, 0.3) is 0 Å². The Bertz CT molecular complexity index is 582. The Hall–Kier alpha value is -1.77. The van der Waals surface area contributed by atoms with Crippen LogP contribution in [0.15, 0.2) is 48.5 Å². The topological polar surface area (TPSA) is 0 Å². The maximum absolute atomic E-state index is 12.6. The van der Waals surface area contributed by atoms with Crippen LogP contribution < -0.4 is 0 Å². The van der Waals surface area contributed by atoms with Crippen LogP contribution >= 0.6 is 0 Å². The average Bonchev–Trinajstić information content (AvgIpc) is 2.47. The highest BCUT2D eigenvalue weighted by Gasteiger charge is 2.29. The van der Waals surface area contributed by atoms with Gasteiger partial charge in [0.05, 0.1) is 5.56 Å². The zero-order valence-corrected chi connectivity index (χ0v) is 12.2. The van der Waals surface area contributed by atoms with Gasteiger partial charge in [-0.05, 0) is 41.2 Å². The third kappa shape index (κ3) is 3.87. The van der Waals surface area contributed by atoms with E-state index in [1.165, 1.54) is 17.7 Å². The van der Waals surface area contributed by atoms with Crippen molar-refractivity contribution in [2.75, 3.05) is 0 Å². The number of benzene rings is 2. The first-order chi connectivity index (χ1) is 9.91. The first-order valence-corrected chi connectivity index (χ1v) is 7.19. The van der Waals surface area contributed by atoms with E-state index < -0.39 is 11.7 Å². The van der Waals surface area contributed by atoms with Crippen molar-refractivity contribution in [1.29, 1.82) is 0 Å². The molecule has 0 fully saturated rings. The molecule has 2 aromatic rings. The maximum atomic E-state index is 12.6. The molecule has 0 heterocycles. The van der Waals surface area contributed by atoms with Crippen LogP contribution in [0.5, 0.6) is 0 Å². The van der Waals surface area contributed by atoms with Gasteiger partial charge in [-0.1, -0.05) is 56.7 Å². The fourth-order valence-electron chi connectivity index (χ4n) is 2.48. The van der Waals surface area contributed by atoms with E-state index in [1.54, 1.807) is 0 Å². The molecule has 112 valence electrons. The van der Waals surface area contributed by atoms with E-state index in [-0.39, 0.29) is 0 Å². The minimum Gasteiger partial charge on any atom is -0.166 e. The highest BCUT2D eigenvalue weighted by Crippen LogP contribution is 2.32. The largest absolute Gasteiger partial charge is 0.416 e. The quantitative estimate of drug-likeness (QED) is 0.622. The molecule has 0 aliphatic rings. The predicted octanol–water partition coefficient (Wildman–Crippen LogP) is 6.28. The van der Waals surface area contributed by atoms with Crippen LogP contribution in [0.4, 0.5) is 13.2 Å². The molecule has 0 aromatic heterocycles. The Kier molecular flexibility index (Phi) is 4.71. The maximum Gasteiger partial charge on any atom is 0.416 e. The van der Waals surface area contributed by atoms with Crippen LogP contribution in [-0.2, 0) is 6.18 Å². The molecule has 21 heavy (non-hydrogen) atoms. The smallest absolute Gasteiger partial charge is 0.166 e. The molecule has 0 saturated heterocycles. The van der Waals surface area contributed by atoms with Crippen LogP contribution in [0.1, 0.15) is 43.7 Å². The number of hydrogen-bond acceptors (Lipinski definition) is 0. The lowest BCUT2D eigenvalue weighted by molar-refractivity contribution is -0.137. The molecule has 0 aliphatic heterocycles. The zero-order chi connectivity index (χ0) is 15.5. The molecule has 3 heteroatoms. The second-order valence-electron chi connectivity index (χ2n) is 5.39. The summed E-state index contributed by atoms with van der Waals surface area (Å²) in [7, 11) is 0. The van der Waals surface area contributed by atoms with Gasteiger partial charge in [-0.15, -0.1) is 0 Å². The van der Waals surface area contributed by atoms with Gasteiger partial charge in [-0.25, -0.2) is 0 Å². The van der Waals surface area contributed by atoms with E-state index in [0.717, 1.165) is 36.1 Å². The predicted molar refractivity (Wildman–Crippen MR) is 80.2 cm³/mol. The minimum atomic E-state index is -4.28. The van der Waals surface area contributed by atoms with Crippen molar-refractivity contribution in [1.82, 2.24) is 0 Å². The molecular formula is C18H19F3. The SMILES string of the molecule is CCCC(C)c1cccc(-c2ccc(C(F)(F)F)cc2)c1. The summed E-state index contributed by atoms with van der Waals surface area (Å²) in [5.41, 5.74) is 2.40. The van der Waals surface area contributed by atoms with E-state index in [4.69, 9.17) is 0 Å². The number of hydrogen-bond donors (Lipinski definition) is 0. The van der Waals surface area contributed by atoms with Crippen molar-refractivity contribution < 1.29 is 13.2 Å². The van der Waals surface area contributed by atoms with Gasteiger partial charge in [0, 0.05) is 0 Å². The van der Waals surface area contributed by atoms with E-state index in [0.29, 0.717) is 5.92 Å². The van der Waals surface area contributed by atoms with E-state index in [2.05, 4.69) is 26.0 Å². The molecule has 0 bridgehead atoms. The normalized spacial score (nSPS) is 13.2. The monoisotopic (exact) mass is 292 g/mol. The lowest BCUT2D eigenvalue weighted by Crippen LogP contribution is -2.04. The van der Waals surface area contributed by atoms with Crippen molar-refractivity contribution in [3.63, 3.8) is 0 Å². The summed E-state index contributed by atoms with van der Waals surface area (Å²) in [5, 5.41) is 0. The molecule has 0 saturated carbocycles. The van der Waals surface area contributed by atoms with Crippen LogP contribution in [0.2, 0.25) is 0 Å². The summed E-state index contributed by atoms with van der Waals surface area (Å²) in [5.74, 6) is 0.462. The van der Waals surface area contributed by atoms with Gasteiger partial charge < -0.3 is 0 Å². The second kappa shape index (κ2) is 6.33. The van der Waals surface area contributed by atoms with Gasteiger partial charge in [0.15, 0.2) is 0 Å². The Labute approximate surface area is 123 Å². The van der Waals surface area contributed by atoms with Crippen LogP contribution in [-0.4, -0.2) is 0 Å². The molecule has 2 aromatic carbocycles. The Morgan fingerprint density at radius 2 is 1.62 bits per heavy atom.